The second kappa shape index (κ2) is 11.6. The molecule has 0 spiro atoms. The van der Waals surface area contributed by atoms with Gasteiger partial charge in [0.25, 0.3) is 0 Å². The van der Waals surface area contributed by atoms with Gasteiger partial charge in [-0.2, -0.15) is 0 Å². The molecule has 10 heteroatoms. The maximum atomic E-state index is 13.0. The van der Waals surface area contributed by atoms with Gasteiger partial charge in [-0.25, -0.2) is 9.78 Å². The largest absolute Gasteiger partial charge is 0.383 e. The Balaban J connectivity index is 1.88. The van der Waals surface area contributed by atoms with Gasteiger partial charge >= 0.3 is 6.03 Å². The molecule has 0 unspecified atom stereocenters. The van der Waals surface area contributed by atoms with Crippen molar-refractivity contribution >= 4 is 41.1 Å². The molecule has 2 aromatic carbocycles. The smallest absolute Gasteiger partial charge is 0.318 e. The predicted molar refractivity (Wildman–Crippen MR) is 139 cm³/mol. The summed E-state index contributed by atoms with van der Waals surface area (Å²) in [6.45, 7) is 6.00. The van der Waals surface area contributed by atoms with Gasteiger partial charge in [-0.15, -0.1) is 0 Å². The highest BCUT2D eigenvalue weighted by molar-refractivity contribution is 6.31. The van der Waals surface area contributed by atoms with E-state index in [0.717, 1.165) is 11.3 Å². The molecule has 0 aliphatic rings. The van der Waals surface area contributed by atoms with E-state index in [9.17, 15) is 9.59 Å². The molecule has 186 valence electrons. The van der Waals surface area contributed by atoms with Crippen molar-refractivity contribution in [3.8, 4) is 16.9 Å². The molecule has 0 radical (unpaired) electrons. The molecule has 3 amide bonds. The number of urea groups is 1. The van der Waals surface area contributed by atoms with E-state index in [2.05, 4.69) is 15.6 Å². The minimum atomic E-state index is -0.449. The lowest BCUT2D eigenvalue weighted by Gasteiger charge is -2.28. The Morgan fingerprint density at radius 3 is 2.43 bits per heavy atom. The number of hydrogen-bond donors (Lipinski definition) is 2. The fraction of sp³-hybridized carbons (Fsp3) is 0.320. The monoisotopic (exact) mass is 517 g/mol. The van der Waals surface area contributed by atoms with Crippen LogP contribution in [0.2, 0.25) is 10.0 Å². The molecule has 0 aliphatic heterocycles. The number of methoxy groups -OCH3 is 1. The molecule has 0 atom stereocenters. The molecule has 0 saturated heterocycles. The molecule has 3 rings (SSSR count). The van der Waals surface area contributed by atoms with Gasteiger partial charge < -0.3 is 15.0 Å². The van der Waals surface area contributed by atoms with Crippen LogP contribution in [0.3, 0.4) is 0 Å². The molecule has 0 saturated carbocycles. The first kappa shape index (κ1) is 26.5. The molecule has 1 heterocycles. The molecule has 35 heavy (non-hydrogen) atoms. The Bertz CT molecular complexity index is 1170. The van der Waals surface area contributed by atoms with E-state index in [1.165, 1.54) is 4.90 Å². The average Bonchev–Trinajstić information content (AvgIpc) is 3.19. The molecule has 0 fully saturated rings. The minimum absolute atomic E-state index is 0.177. The first-order chi connectivity index (χ1) is 16.6. The summed E-state index contributed by atoms with van der Waals surface area (Å²) in [6.07, 6.45) is 1.81. The number of ether oxygens (including phenoxy) is 1. The van der Waals surface area contributed by atoms with Gasteiger partial charge in [-0.1, -0.05) is 41.4 Å². The van der Waals surface area contributed by atoms with E-state index >= 15 is 0 Å². The molecule has 0 aliphatic carbocycles. The number of carbonyl (C=O) groups is 2. The van der Waals surface area contributed by atoms with Gasteiger partial charge in [-0.3, -0.25) is 14.7 Å². The number of anilines is 1. The summed E-state index contributed by atoms with van der Waals surface area (Å²) in [7, 11) is 1.54. The first-order valence-corrected chi connectivity index (χ1v) is 11.8. The number of amides is 3. The zero-order valence-electron chi connectivity index (χ0n) is 20.1. The van der Waals surface area contributed by atoms with Crippen molar-refractivity contribution in [3.63, 3.8) is 0 Å². The Hall–Kier alpha value is -3.07. The summed E-state index contributed by atoms with van der Waals surface area (Å²) in [4.78, 5) is 31.8. The Kier molecular flexibility index (Phi) is 8.77. The summed E-state index contributed by atoms with van der Waals surface area (Å²) in [5.74, 6) is -0.105. The SMILES string of the molecule is COCCN(CC(=O)Nc1nc(-c2ccc(Cl)cc2)cn1-c1cccc(Cl)c1)C(=O)NC(C)(C)C. The van der Waals surface area contributed by atoms with Crippen molar-refractivity contribution in [2.75, 3.05) is 32.1 Å². The number of halogens is 2. The molecule has 0 bridgehead atoms. The van der Waals surface area contributed by atoms with Crippen molar-refractivity contribution in [2.24, 2.45) is 0 Å². The Labute approximate surface area is 215 Å². The first-order valence-electron chi connectivity index (χ1n) is 11.0. The number of nitrogens with zero attached hydrogens (tertiary/aromatic N) is 3. The highest BCUT2D eigenvalue weighted by Gasteiger charge is 2.23. The number of nitrogens with one attached hydrogen (secondary N) is 2. The third-order valence-corrected chi connectivity index (χ3v) is 5.34. The van der Waals surface area contributed by atoms with Crippen LogP contribution in [-0.4, -0.2) is 58.7 Å². The van der Waals surface area contributed by atoms with E-state index in [1.807, 2.05) is 45.0 Å². The standard InChI is InChI=1S/C25H29Cl2N5O3/c1-25(2,3)30-24(34)31(12-13-35-4)16-22(33)29-23-28-21(17-8-10-18(26)11-9-17)15-32(23)20-7-5-6-19(27)14-20/h5-11,14-15H,12-13,16H2,1-4H3,(H,30,34)(H,28,29,33). The van der Waals surface area contributed by atoms with Crippen molar-refractivity contribution in [3.05, 3.63) is 64.8 Å². The van der Waals surface area contributed by atoms with E-state index < -0.39 is 11.4 Å². The third kappa shape index (κ3) is 7.71. The molecule has 8 nitrogen and oxygen atoms in total. The van der Waals surface area contributed by atoms with Gasteiger partial charge in [0.1, 0.15) is 6.54 Å². The van der Waals surface area contributed by atoms with Crippen molar-refractivity contribution in [1.29, 1.82) is 0 Å². The van der Waals surface area contributed by atoms with Crippen LogP contribution in [0.5, 0.6) is 0 Å². The molecule has 2 N–H and O–H groups in total. The van der Waals surface area contributed by atoms with Crippen LogP contribution < -0.4 is 10.6 Å². The number of carbonyl (C=O) groups excluding carboxylic acids is 2. The van der Waals surface area contributed by atoms with Crippen molar-refractivity contribution < 1.29 is 14.3 Å². The number of hydrogen-bond acceptors (Lipinski definition) is 4. The van der Waals surface area contributed by atoms with Crippen LogP contribution in [-0.2, 0) is 9.53 Å². The van der Waals surface area contributed by atoms with Crippen LogP contribution in [0.25, 0.3) is 16.9 Å². The van der Waals surface area contributed by atoms with Crippen LogP contribution >= 0.6 is 23.2 Å². The molecule has 3 aromatic rings. The van der Waals surface area contributed by atoms with Gasteiger partial charge in [0.05, 0.1) is 12.3 Å². The highest BCUT2D eigenvalue weighted by Crippen LogP contribution is 2.26. The van der Waals surface area contributed by atoms with Crippen LogP contribution in [0.1, 0.15) is 20.8 Å². The predicted octanol–water partition coefficient (Wildman–Crippen LogP) is 5.24. The lowest BCUT2D eigenvalue weighted by atomic mass is 10.1. The van der Waals surface area contributed by atoms with Crippen LogP contribution in [0.15, 0.2) is 54.7 Å². The van der Waals surface area contributed by atoms with Gasteiger partial charge in [-0.05, 0) is 51.1 Å². The molecular weight excluding hydrogens is 489 g/mol. The van der Waals surface area contributed by atoms with Gasteiger partial charge in [0.2, 0.25) is 11.9 Å². The van der Waals surface area contributed by atoms with E-state index in [4.69, 9.17) is 27.9 Å². The normalized spacial score (nSPS) is 11.3. The molecule has 1 aromatic heterocycles. The number of aromatic nitrogens is 2. The minimum Gasteiger partial charge on any atom is -0.383 e. The van der Waals surface area contributed by atoms with Crippen LogP contribution in [0.4, 0.5) is 10.7 Å². The summed E-state index contributed by atoms with van der Waals surface area (Å²) in [6, 6.07) is 14.1. The van der Waals surface area contributed by atoms with Crippen molar-refractivity contribution in [1.82, 2.24) is 19.8 Å². The zero-order valence-corrected chi connectivity index (χ0v) is 21.7. The quantitative estimate of drug-likeness (QED) is 0.427. The summed E-state index contributed by atoms with van der Waals surface area (Å²) in [5, 5.41) is 6.87. The third-order valence-electron chi connectivity index (χ3n) is 4.85. The van der Waals surface area contributed by atoms with E-state index in [-0.39, 0.29) is 19.1 Å². The van der Waals surface area contributed by atoms with Crippen molar-refractivity contribution in [2.45, 2.75) is 26.3 Å². The van der Waals surface area contributed by atoms with E-state index in [1.54, 1.807) is 42.1 Å². The summed E-state index contributed by atoms with van der Waals surface area (Å²) >= 11 is 12.2. The van der Waals surface area contributed by atoms with Gasteiger partial charge in [0, 0.05) is 46.7 Å². The Morgan fingerprint density at radius 2 is 1.80 bits per heavy atom. The number of benzene rings is 2. The van der Waals surface area contributed by atoms with Crippen LogP contribution in [0, 0.1) is 0 Å². The summed E-state index contributed by atoms with van der Waals surface area (Å²) < 4.78 is 6.85. The Morgan fingerprint density at radius 1 is 1.09 bits per heavy atom. The maximum absolute atomic E-state index is 13.0. The lowest BCUT2D eigenvalue weighted by molar-refractivity contribution is -0.117. The lowest BCUT2D eigenvalue weighted by Crippen LogP contribution is -2.51. The fourth-order valence-electron chi connectivity index (χ4n) is 3.24. The topological polar surface area (TPSA) is 88.5 Å². The molecular formula is C25H29Cl2N5O3. The average molecular weight is 518 g/mol. The highest BCUT2D eigenvalue weighted by atomic mass is 35.5. The number of imidazole rings is 1. The second-order valence-corrected chi connectivity index (χ2v) is 9.82. The maximum Gasteiger partial charge on any atom is 0.318 e. The van der Waals surface area contributed by atoms with Gasteiger partial charge in [0.15, 0.2) is 0 Å². The second-order valence-electron chi connectivity index (χ2n) is 8.95. The summed E-state index contributed by atoms with van der Waals surface area (Å²) in [5.41, 5.74) is 1.74. The zero-order chi connectivity index (χ0) is 25.6. The fourth-order valence-corrected chi connectivity index (χ4v) is 3.55. The van der Waals surface area contributed by atoms with E-state index in [0.29, 0.717) is 28.3 Å². The number of rotatable bonds is 8.